The van der Waals surface area contributed by atoms with Crippen molar-refractivity contribution in [2.75, 3.05) is 6.54 Å². The summed E-state index contributed by atoms with van der Waals surface area (Å²) in [5, 5.41) is 0. The zero-order chi connectivity index (χ0) is 3.54. The summed E-state index contributed by atoms with van der Waals surface area (Å²) in [4.78, 5) is 7.40. The van der Waals surface area contributed by atoms with Gasteiger partial charge in [0.2, 0.25) is 0 Å². The summed E-state index contributed by atoms with van der Waals surface area (Å²) in [5.74, 6) is 0. The van der Waals surface area contributed by atoms with Gasteiger partial charge in [0.25, 0.3) is 0 Å². The van der Waals surface area contributed by atoms with Crippen molar-refractivity contribution in [2.45, 2.75) is 0 Å². The fourth-order valence-corrected chi connectivity index (χ4v) is 0.236. The monoisotopic (exact) mass is 120 g/mol. The third-order valence-corrected chi connectivity index (χ3v) is 0.441. The van der Waals surface area contributed by atoms with E-state index in [0.717, 1.165) is 6.54 Å². The van der Waals surface area contributed by atoms with E-state index in [9.17, 15) is 0 Å². The third kappa shape index (κ3) is 1.35. The SMILES string of the molecule is C1=NC=NC1.[Cr]. The minimum Gasteiger partial charge on any atom is -0.268 e. The molecule has 0 spiro atoms. The van der Waals surface area contributed by atoms with Crippen LogP contribution in [-0.4, -0.2) is 19.1 Å². The summed E-state index contributed by atoms with van der Waals surface area (Å²) in [5.41, 5.74) is 0. The Bertz CT molecular complexity index is 66.9. The van der Waals surface area contributed by atoms with Crippen molar-refractivity contribution in [3.63, 3.8) is 0 Å². The molecule has 0 aliphatic carbocycles. The van der Waals surface area contributed by atoms with Gasteiger partial charge in [0.05, 0.1) is 6.54 Å². The molecule has 1 aliphatic heterocycles. The molecule has 1 heterocycles. The second-order valence-corrected chi connectivity index (χ2v) is 0.812. The first-order valence-corrected chi connectivity index (χ1v) is 1.50. The zero-order valence-electron chi connectivity index (χ0n) is 3.16. The number of nitrogens with zero attached hydrogens (tertiary/aromatic N) is 2. The van der Waals surface area contributed by atoms with Gasteiger partial charge in [0.15, 0.2) is 0 Å². The van der Waals surface area contributed by atoms with Crippen LogP contribution in [0.4, 0.5) is 0 Å². The molecule has 6 heavy (non-hydrogen) atoms. The molecule has 0 bridgehead atoms. The van der Waals surface area contributed by atoms with Crippen molar-refractivity contribution in [1.82, 2.24) is 0 Å². The molecule has 0 amide bonds. The first kappa shape index (κ1) is 5.87. The van der Waals surface area contributed by atoms with Crippen molar-refractivity contribution in [3.8, 4) is 0 Å². The van der Waals surface area contributed by atoms with Crippen LogP contribution >= 0.6 is 0 Å². The van der Waals surface area contributed by atoms with E-state index in [1.54, 1.807) is 12.6 Å². The molecule has 0 aromatic rings. The van der Waals surface area contributed by atoms with E-state index >= 15 is 0 Å². The quantitative estimate of drug-likeness (QED) is 0.433. The molecule has 3 heteroatoms. The molecular formula is C3H4CrN2. The van der Waals surface area contributed by atoms with Crippen molar-refractivity contribution >= 4 is 12.6 Å². The molecule has 0 saturated carbocycles. The van der Waals surface area contributed by atoms with Crippen LogP contribution in [-0.2, 0) is 17.4 Å². The van der Waals surface area contributed by atoms with Gasteiger partial charge in [0.1, 0.15) is 6.34 Å². The summed E-state index contributed by atoms with van der Waals surface area (Å²) in [6.07, 6.45) is 3.32. The Labute approximate surface area is 47.1 Å². The van der Waals surface area contributed by atoms with E-state index in [2.05, 4.69) is 9.98 Å². The maximum Gasteiger partial charge on any atom is 0.109 e. The van der Waals surface area contributed by atoms with E-state index in [1.165, 1.54) is 0 Å². The minimum absolute atomic E-state index is 0. The fraction of sp³-hybridized carbons (Fsp3) is 0.333. The van der Waals surface area contributed by atoms with Gasteiger partial charge in [-0.2, -0.15) is 0 Å². The van der Waals surface area contributed by atoms with Crippen LogP contribution in [0.1, 0.15) is 0 Å². The van der Waals surface area contributed by atoms with Crippen LogP contribution in [0.25, 0.3) is 0 Å². The molecule has 0 saturated heterocycles. The van der Waals surface area contributed by atoms with Crippen molar-refractivity contribution in [2.24, 2.45) is 9.98 Å². The topological polar surface area (TPSA) is 24.7 Å². The Balaban J connectivity index is 0.000000250. The molecule has 0 aromatic carbocycles. The van der Waals surface area contributed by atoms with Gasteiger partial charge in [0, 0.05) is 23.6 Å². The second kappa shape index (κ2) is 3.08. The summed E-state index contributed by atoms with van der Waals surface area (Å²) in [6.45, 7) is 0.778. The van der Waals surface area contributed by atoms with Crippen molar-refractivity contribution < 1.29 is 17.4 Å². The van der Waals surface area contributed by atoms with E-state index < -0.39 is 0 Å². The summed E-state index contributed by atoms with van der Waals surface area (Å²) >= 11 is 0. The Morgan fingerprint density at radius 3 is 2.50 bits per heavy atom. The van der Waals surface area contributed by atoms with E-state index in [-0.39, 0.29) is 17.4 Å². The van der Waals surface area contributed by atoms with Gasteiger partial charge in [-0.1, -0.05) is 0 Å². The number of aliphatic imine (C=N–C) groups is 2. The zero-order valence-corrected chi connectivity index (χ0v) is 4.44. The van der Waals surface area contributed by atoms with Crippen LogP contribution in [0.3, 0.4) is 0 Å². The van der Waals surface area contributed by atoms with Crippen LogP contribution < -0.4 is 0 Å². The first-order valence-electron chi connectivity index (χ1n) is 1.50. The molecular weight excluding hydrogens is 116 g/mol. The summed E-state index contributed by atoms with van der Waals surface area (Å²) in [7, 11) is 0. The van der Waals surface area contributed by atoms with E-state index in [4.69, 9.17) is 0 Å². The van der Waals surface area contributed by atoms with Gasteiger partial charge < -0.3 is 0 Å². The molecule has 0 radical (unpaired) electrons. The number of hydrogen-bond acceptors (Lipinski definition) is 2. The van der Waals surface area contributed by atoms with Gasteiger partial charge in [-0.05, 0) is 0 Å². The van der Waals surface area contributed by atoms with Crippen molar-refractivity contribution in [3.05, 3.63) is 0 Å². The summed E-state index contributed by atoms with van der Waals surface area (Å²) < 4.78 is 0. The van der Waals surface area contributed by atoms with Crippen LogP contribution in [0.5, 0.6) is 0 Å². The predicted octanol–water partition coefficient (Wildman–Crippen LogP) is 0.0966. The Hall–Kier alpha value is -0.128. The average Bonchev–Trinajstić information content (AvgIpc) is 1.76. The summed E-state index contributed by atoms with van der Waals surface area (Å²) in [6, 6.07) is 0. The number of rotatable bonds is 0. The van der Waals surface area contributed by atoms with Crippen LogP contribution in [0.15, 0.2) is 9.98 Å². The first-order chi connectivity index (χ1) is 2.50. The number of hydrogen-bond donors (Lipinski definition) is 0. The van der Waals surface area contributed by atoms with Crippen LogP contribution in [0.2, 0.25) is 0 Å². The van der Waals surface area contributed by atoms with Gasteiger partial charge >= 0.3 is 0 Å². The molecule has 1 aliphatic rings. The van der Waals surface area contributed by atoms with Gasteiger partial charge in [-0.25, -0.2) is 4.99 Å². The van der Waals surface area contributed by atoms with Gasteiger partial charge in [-0.15, -0.1) is 0 Å². The third-order valence-electron chi connectivity index (χ3n) is 0.441. The maximum absolute atomic E-state index is 3.74. The Kier molecular flexibility index (Phi) is 3.01. The van der Waals surface area contributed by atoms with Crippen LogP contribution in [0, 0.1) is 0 Å². The van der Waals surface area contributed by atoms with Crippen molar-refractivity contribution in [1.29, 1.82) is 0 Å². The standard InChI is InChI=1S/C3H4N2.Cr/c1-2-5-3-4-1;/h1,3H,2H2;. The Morgan fingerprint density at radius 1 is 1.50 bits per heavy atom. The second-order valence-electron chi connectivity index (χ2n) is 0.812. The molecule has 0 aromatic heterocycles. The van der Waals surface area contributed by atoms with Gasteiger partial charge in [-0.3, -0.25) is 4.99 Å². The predicted molar refractivity (Wildman–Crippen MR) is 21.9 cm³/mol. The molecule has 0 N–H and O–H groups in total. The molecule has 0 unspecified atom stereocenters. The van der Waals surface area contributed by atoms with E-state index in [1.807, 2.05) is 0 Å². The smallest absolute Gasteiger partial charge is 0.109 e. The normalized spacial score (nSPS) is 14.7. The molecule has 1 rings (SSSR count). The maximum atomic E-state index is 3.74. The average molecular weight is 120 g/mol. The molecule has 32 valence electrons. The molecule has 2 nitrogen and oxygen atoms in total. The van der Waals surface area contributed by atoms with E-state index in [0.29, 0.717) is 0 Å². The minimum atomic E-state index is 0. The fourth-order valence-electron chi connectivity index (χ4n) is 0.236. The molecule has 0 atom stereocenters. The Morgan fingerprint density at radius 2 is 2.33 bits per heavy atom. The molecule has 0 fully saturated rings. The largest absolute Gasteiger partial charge is 0.268 e.